The first kappa shape index (κ1) is 13.7. The number of rotatable bonds is 4. The number of benzene rings is 1. The zero-order valence-corrected chi connectivity index (χ0v) is 11.1. The van der Waals surface area contributed by atoms with Gasteiger partial charge >= 0.3 is 0 Å². The van der Waals surface area contributed by atoms with E-state index < -0.39 is 11.6 Å². The summed E-state index contributed by atoms with van der Waals surface area (Å²) in [4.78, 5) is 0. The van der Waals surface area contributed by atoms with Crippen molar-refractivity contribution in [3.8, 4) is 0 Å². The van der Waals surface area contributed by atoms with E-state index in [9.17, 15) is 8.78 Å². The van der Waals surface area contributed by atoms with E-state index in [-0.39, 0.29) is 6.04 Å². The molecule has 1 unspecified atom stereocenters. The molecule has 0 radical (unpaired) electrons. The first-order chi connectivity index (χ1) is 8.99. The Bertz CT molecular complexity index is 561. The smallest absolute Gasteiger partial charge is 0.138 e. The molecule has 0 aliphatic heterocycles. The lowest BCUT2D eigenvalue weighted by Crippen LogP contribution is -2.20. The van der Waals surface area contributed by atoms with Crippen LogP contribution in [0.4, 0.5) is 8.78 Å². The van der Waals surface area contributed by atoms with Gasteiger partial charge in [0.25, 0.3) is 0 Å². The molecule has 0 saturated heterocycles. The lowest BCUT2D eigenvalue weighted by molar-refractivity contribution is 0.391. The maximum Gasteiger partial charge on any atom is 0.138 e. The summed E-state index contributed by atoms with van der Waals surface area (Å²) in [6, 6.07) is 3.16. The number of aryl methyl sites for hydroxylation is 2. The first-order valence-corrected chi connectivity index (χ1v) is 6.09. The SMILES string of the molecule is Cc1noc(C)c1CNC(C)c1cc(F)ccc1F. The quantitative estimate of drug-likeness (QED) is 0.921. The molecule has 2 rings (SSSR count). The van der Waals surface area contributed by atoms with Gasteiger partial charge in [0.2, 0.25) is 0 Å². The van der Waals surface area contributed by atoms with Crippen LogP contribution in [0, 0.1) is 25.5 Å². The minimum absolute atomic E-state index is 0.301. The van der Waals surface area contributed by atoms with Crippen LogP contribution in [0.2, 0.25) is 0 Å². The summed E-state index contributed by atoms with van der Waals surface area (Å²) >= 11 is 0. The molecule has 0 spiro atoms. The van der Waals surface area contributed by atoms with Crippen LogP contribution in [0.1, 0.15) is 35.5 Å². The lowest BCUT2D eigenvalue weighted by Gasteiger charge is -2.15. The number of nitrogens with zero attached hydrogens (tertiary/aromatic N) is 1. The Morgan fingerprint density at radius 3 is 2.68 bits per heavy atom. The van der Waals surface area contributed by atoms with Crippen LogP contribution in [-0.2, 0) is 6.54 Å². The molecule has 0 amide bonds. The first-order valence-electron chi connectivity index (χ1n) is 6.09. The van der Waals surface area contributed by atoms with Crippen molar-refractivity contribution in [1.82, 2.24) is 10.5 Å². The van der Waals surface area contributed by atoms with Crippen molar-refractivity contribution in [3.63, 3.8) is 0 Å². The van der Waals surface area contributed by atoms with Gasteiger partial charge < -0.3 is 9.84 Å². The normalized spacial score (nSPS) is 12.7. The molecule has 0 aliphatic rings. The summed E-state index contributed by atoms with van der Waals surface area (Å²) in [5, 5.41) is 6.99. The zero-order chi connectivity index (χ0) is 14.0. The monoisotopic (exact) mass is 266 g/mol. The number of nitrogens with one attached hydrogen (secondary N) is 1. The summed E-state index contributed by atoms with van der Waals surface area (Å²) in [7, 11) is 0. The standard InChI is InChI=1S/C14H16F2N2O/c1-8(12-6-11(15)4-5-14(12)16)17-7-13-9(2)18-19-10(13)3/h4-6,8,17H,7H2,1-3H3. The zero-order valence-electron chi connectivity index (χ0n) is 11.1. The topological polar surface area (TPSA) is 38.1 Å². The lowest BCUT2D eigenvalue weighted by atomic mass is 10.1. The van der Waals surface area contributed by atoms with Crippen molar-refractivity contribution in [1.29, 1.82) is 0 Å². The Morgan fingerprint density at radius 2 is 2.05 bits per heavy atom. The van der Waals surface area contributed by atoms with Crippen LogP contribution in [0.15, 0.2) is 22.7 Å². The molecule has 1 aromatic carbocycles. The van der Waals surface area contributed by atoms with Gasteiger partial charge in [-0.1, -0.05) is 5.16 Å². The van der Waals surface area contributed by atoms with Crippen LogP contribution in [0.25, 0.3) is 0 Å². The maximum absolute atomic E-state index is 13.6. The van der Waals surface area contributed by atoms with E-state index in [0.29, 0.717) is 12.1 Å². The van der Waals surface area contributed by atoms with E-state index in [4.69, 9.17) is 4.52 Å². The average molecular weight is 266 g/mol. The highest BCUT2D eigenvalue weighted by Crippen LogP contribution is 2.19. The van der Waals surface area contributed by atoms with Crippen molar-refractivity contribution < 1.29 is 13.3 Å². The summed E-state index contributed by atoms with van der Waals surface area (Å²) < 4.78 is 31.8. The number of hydrogen-bond donors (Lipinski definition) is 1. The van der Waals surface area contributed by atoms with E-state index in [1.165, 1.54) is 6.07 Å². The van der Waals surface area contributed by atoms with Gasteiger partial charge in [-0.2, -0.15) is 0 Å². The van der Waals surface area contributed by atoms with Crippen molar-refractivity contribution in [3.05, 3.63) is 52.4 Å². The van der Waals surface area contributed by atoms with Gasteiger partial charge in [0, 0.05) is 23.7 Å². The van der Waals surface area contributed by atoms with Gasteiger partial charge in [0.1, 0.15) is 17.4 Å². The van der Waals surface area contributed by atoms with E-state index >= 15 is 0 Å². The number of aromatic nitrogens is 1. The van der Waals surface area contributed by atoms with Crippen LogP contribution in [-0.4, -0.2) is 5.16 Å². The Kier molecular flexibility index (Phi) is 3.95. The van der Waals surface area contributed by atoms with Gasteiger partial charge in [-0.05, 0) is 39.0 Å². The fourth-order valence-electron chi connectivity index (χ4n) is 1.97. The van der Waals surface area contributed by atoms with Crippen molar-refractivity contribution >= 4 is 0 Å². The molecule has 0 saturated carbocycles. The van der Waals surface area contributed by atoms with Crippen molar-refractivity contribution in [2.75, 3.05) is 0 Å². The maximum atomic E-state index is 13.6. The molecule has 0 aliphatic carbocycles. The van der Waals surface area contributed by atoms with Gasteiger partial charge in [-0.3, -0.25) is 0 Å². The predicted octanol–water partition coefficient (Wildman–Crippen LogP) is 3.42. The molecule has 3 nitrogen and oxygen atoms in total. The molecule has 19 heavy (non-hydrogen) atoms. The van der Waals surface area contributed by atoms with E-state index in [1.54, 1.807) is 6.92 Å². The third-order valence-electron chi connectivity index (χ3n) is 3.19. The van der Waals surface area contributed by atoms with Crippen LogP contribution < -0.4 is 5.32 Å². The number of halogens is 2. The highest BCUT2D eigenvalue weighted by Gasteiger charge is 2.14. The molecule has 1 aromatic heterocycles. The fraction of sp³-hybridized carbons (Fsp3) is 0.357. The van der Waals surface area contributed by atoms with Crippen LogP contribution in [0.3, 0.4) is 0 Å². The Morgan fingerprint density at radius 1 is 1.32 bits per heavy atom. The summed E-state index contributed by atoms with van der Waals surface area (Å²) in [6.07, 6.45) is 0. The second-order valence-corrected chi connectivity index (χ2v) is 4.57. The summed E-state index contributed by atoms with van der Waals surface area (Å²) in [5.41, 5.74) is 2.06. The molecular weight excluding hydrogens is 250 g/mol. The molecule has 5 heteroatoms. The van der Waals surface area contributed by atoms with Gasteiger partial charge in [-0.25, -0.2) is 8.78 Å². The molecular formula is C14H16F2N2O. The van der Waals surface area contributed by atoms with Gasteiger partial charge in [-0.15, -0.1) is 0 Å². The molecule has 0 bridgehead atoms. The van der Waals surface area contributed by atoms with Crippen LogP contribution >= 0.6 is 0 Å². The van der Waals surface area contributed by atoms with Crippen molar-refractivity contribution in [2.24, 2.45) is 0 Å². The average Bonchev–Trinajstić information content (AvgIpc) is 2.69. The number of hydrogen-bond acceptors (Lipinski definition) is 3. The largest absolute Gasteiger partial charge is 0.361 e. The van der Waals surface area contributed by atoms with Gasteiger partial charge in [0.05, 0.1) is 5.69 Å². The second kappa shape index (κ2) is 5.48. The predicted molar refractivity (Wildman–Crippen MR) is 67.6 cm³/mol. The van der Waals surface area contributed by atoms with Crippen LogP contribution in [0.5, 0.6) is 0 Å². The fourth-order valence-corrected chi connectivity index (χ4v) is 1.97. The Hall–Kier alpha value is -1.75. The Balaban J connectivity index is 2.09. The van der Waals surface area contributed by atoms with Gasteiger partial charge in [0.15, 0.2) is 0 Å². The Labute approximate surface area is 110 Å². The molecule has 0 fully saturated rings. The third kappa shape index (κ3) is 2.98. The molecule has 1 N–H and O–H groups in total. The van der Waals surface area contributed by atoms with E-state index in [2.05, 4.69) is 10.5 Å². The second-order valence-electron chi connectivity index (χ2n) is 4.57. The highest BCUT2D eigenvalue weighted by atomic mass is 19.1. The van der Waals surface area contributed by atoms with Crippen molar-refractivity contribution in [2.45, 2.75) is 33.4 Å². The molecule has 102 valence electrons. The van der Waals surface area contributed by atoms with E-state index in [1.807, 2.05) is 13.8 Å². The molecule has 1 heterocycles. The highest BCUT2D eigenvalue weighted by molar-refractivity contribution is 5.24. The minimum Gasteiger partial charge on any atom is -0.361 e. The summed E-state index contributed by atoms with van der Waals surface area (Å²) in [5.74, 6) is -0.125. The molecule has 2 aromatic rings. The van der Waals surface area contributed by atoms with E-state index in [0.717, 1.165) is 29.2 Å². The minimum atomic E-state index is -0.442. The molecule has 1 atom stereocenters. The summed E-state index contributed by atoms with van der Waals surface area (Å²) in [6.45, 7) is 5.96. The third-order valence-corrected chi connectivity index (χ3v) is 3.19.